The van der Waals surface area contributed by atoms with Crippen LogP contribution in [0.4, 0.5) is 0 Å². The van der Waals surface area contributed by atoms with Crippen molar-refractivity contribution in [2.24, 2.45) is 0 Å². The van der Waals surface area contributed by atoms with Gasteiger partial charge in [-0.05, 0) is 47.7 Å². The molecule has 1 nitrogen and oxygen atoms in total. The van der Waals surface area contributed by atoms with Crippen molar-refractivity contribution in [1.29, 1.82) is 0 Å². The molecule has 48 heavy (non-hydrogen) atoms. The van der Waals surface area contributed by atoms with Crippen LogP contribution in [0.5, 0.6) is 0 Å². The van der Waals surface area contributed by atoms with E-state index in [1.807, 2.05) is 18.2 Å². The minimum absolute atomic E-state index is 0.0842. The quantitative estimate of drug-likeness (QED) is 0.0971. The third kappa shape index (κ3) is 11.9. The van der Waals surface area contributed by atoms with E-state index in [1.54, 1.807) is 6.07 Å². The third-order valence-corrected chi connectivity index (χ3v) is 11.9. The van der Waals surface area contributed by atoms with Gasteiger partial charge in [-0.2, -0.15) is 30.3 Å². The van der Waals surface area contributed by atoms with Crippen LogP contribution >= 0.6 is 29.3 Å². The van der Waals surface area contributed by atoms with Gasteiger partial charge in [0.15, 0.2) is 0 Å². The fourth-order valence-corrected chi connectivity index (χ4v) is 9.50. The van der Waals surface area contributed by atoms with Gasteiger partial charge in [0.25, 0.3) is 0 Å². The smallest absolute Gasteiger partial charge is 0.0134 e. The minimum Gasteiger partial charge on any atom is -0.0622 e. The maximum atomic E-state index is 8.51. The van der Waals surface area contributed by atoms with Gasteiger partial charge in [0.1, 0.15) is 0 Å². The Morgan fingerprint density at radius 1 is 0.375 bits per heavy atom. The van der Waals surface area contributed by atoms with Crippen LogP contribution in [0, 0.1) is 6.07 Å². The van der Waals surface area contributed by atoms with Crippen LogP contribution in [-0.2, 0) is 23.8 Å². The Morgan fingerprint density at radius 3 is 0.771 bits per heavy atom. The number of rotatable bonds is 7. The van der Waals surface area contributed by atoms with Gasteiger partial charge in [-0.15, -0.1) is 5.56 Å². The first-order chi connectivity index (χ1) is 23.8. The van der Waals surface area contributed by atoms with E-state index in [0.29, 0.717) is 0 Å². The second kappa shape index (κ2) is 22.2. The monoisotopic (exact) mass is 816 g/mol. The molecule has 0 aromatic heterocycles. The van der Waals surface area contributed by atoms with E-state index < -0.39 is 15.8 Å². The summed E-state index contributed by atoms with van der Waals surface area (Å²) in [5.74, 6) is 0. The SMILES string of the molecule is OCc1[c-]cccc1.[Br][Pd+].c1ccc(P(c2ccccc2)c2ccccc2)cc1.c1ccc(P(c2ccccc2)c2ccccc2)cc1. The summed E-state index contributed by atoms with van der Waals surface area (Å²) in [6.45, 7) is 0.0842. The maximum Gasteiger partial charge on any atom is -0.0134 e. The molecule has 5 heteroatoms. The van der Waals surface area contributed by atoms with E-state index in [9.17, 15) is 0 Å². The van der Waals surface area contributed by atoms with Crippen molar-refractivity contribution >= 4 is 61.1 Å². The first kappa shape index (κ1) is 37.3. The Kier molecular flexibility index (Phi) is 17.3. The van der Waals surface area contributed by atoms with Gasteiger partial charge in [-0.25, -0.2) is 0 Å². The first-order valence-corrected chi connectivity index (χ1v) is 21.7. The van der Waals surface area contributed by atoms with Gasteiger partial charge >= 0.3 is 30.6 Å². The Morgan fingerprint density at radius 2 is 0.604 bits per heavy atom. The van der Waals surface area contributed by atoms with Crippen LogP contribution in [0.2, 0.25) is 0 Å². The topological polar surface area (TPSA) is 20.2 Å². The first-order valence-electron chi connectivity index (χ1n) is 15.4. The average Bonchev–Trinajstić information content (AvgIpc) is 3.19. The van der Waals surface area contributed by atoms with Gasteiger partial charge < -0.3 is 5.11 Å². The zero-order valence-corrected chi connectivity index (χ0v) is 31.3. The molecule has 242 valence electrons. The summed E-state index contributed by atoms with van der Waals surface area (Å²) < 4.78 is 0. The van der Waals surface area contributed by atoms with Crippen LogP contribution < -0.4 is 31.8 Å². The number of aliphatic hydroxyl groups excluding tert-OH is 1. The second-order valence-corrected chi connectivity index (χ2v) is 14.7. The van der Waals surface area contributed by atoms with E-state index in [4.69, 9.17) is 5.11 Å². The molecule has 0 atom stereocenters. The number of hydrogen-bond donors (Lipinski definition) is 1. The minimum atomic E-state index is -0.446. The summed E-state index contributed by atoms with van der Waals surface area (Å²) in [5, 5.41) is 16.9. The van der Waals surface area contributed by atoms with Gasteiger partial charge in [0.05, 0.1) is 0 Å². The fourth-order valence-electron chi connectivity index (χ4n) is 4.89. The Bertz CT molecular complexity index is 1490. The molecule has 7 aromatic carbocycles. The van der Waals surface area contributed by atoms with Crippen molar-refractivity contribution in [3.05, 3.63) is 218 Å². The van der Waals surface area contributed by atoms with Gasteiger partial charge in [0, 0.05) is 6.61 Å². The molecule has 0 aliphatic carbocycles. The van der Waals surface area contributed by atoms with E-state index in [0.717, 1.165) is 5.56 Å². The Hall–Kier alpha value is -3.50. The molecule has 0 heterocycles. The number of benzene rings is 7. The van der Waals surface area contributed by atoms with Gasteiger partial charge in [-0.1, -0.05) is 182 Å². The molecule has 0 fully saturated rings. The zero-order chi connectivity index (χ0) is 33.7. The van der Waals surface area contributed by atoms with E-state index in [1.165, 1.54) is 31.8 Å². The van der Waals surface area contributed by atoms with Crippen LogP contribution in [0.25, 0.3) is 0 Å². The van der Waals surface area contributed by atoms with Crippen molar-refractivity contribution in [2.75, 3.05) is 0 Å². The summed E-state index contributed by atoms with van der Waals surface area (Å²) in [7, 11) is -0.892. The largest absolute Gasteiger partial charge is 0.0622 e. The molecule has 0 unspecified atom stereocenters. The molecule has 7 rings (SSSR count). The van der Waals surface area contributed by atoms with Crippen molar-refractivity contribution in [1.82, 2.24) is 0 Å². The second-order valence-electron chi connectivity index (χ2n) is 10.2. The van der Waals surface area contributed by atoms with Crippen molar-refractivity contribution in [3.8, 4) is 0 Å². The zero-order valence-electron chi connectivity index (χ0n) is 26.4. The normalized spacial score (nSPS) is 10.0. The molecule has 7 aromatic rings. The van der Waals surface area contributed by atoms with Gasteiger partial charge in [-0.3, -0.25) is 0 Å². The molecule has 0 saturated heterocycles. The van der Waals surface area contributed by atoms with Crippen LogP contribution in [0.15, 0.2) is 206 Å². The molecule has 0 aliphatic rings. The molecule has 0 amide bonds. The van der Waals surface area contributed by atoms with Crippen molar-refractivity contribution < 1.29 is 22.3 Å². The van der Waals surface area contributed by atoms with E-state index in [2.05, 4.69) is 219 Å². The molecule has 1 N–H and O–H groups in total. The van der Waals surface area contributed by atoms with Crippen molar-refractivity contribution in [2.45, 2.75) is 6.61 Å². The molecule has 0 aliphatic heterocycles. The predicted molar refractivity (Wildman–Crippen MR) is 210 cm³/mol. The standard InChI is InChI=1S/2C18H15P.C7H7O.BrH.Pd/c2*1-4-10-16(11-5-1)19(17-12-6-2-7-13-17)18-14-8-3-9-15-18;8-6-7-4-2-1-3-5-7;;/h2*1-15H;1-4,8H,6H2;1H;/q;;-1;;+2/p-1. The number of halogens is 1. The van der Waals surface area contributed by atoms with E-state index in [-0.39, 0.29) is 6.61 Å². The molecule has 0 radical (unpaired) electrons. The third-order valence-electron chi connectivity index (χ3n) is 7.03. The summed E-state index contributed by atoms with van der Waals surface area (Å²) >= 11 is 5.35. The number of hydrogen-bond acceptors (Lipinski definition) is 1. The molecule has 0 bridgehead atoms. The summed E-state index contributed by atoms with van der Waals surface area (Å²) in [6.07, 6.45) is 0. The van der Waals surface area contributed by atoms with Crippen molar-refractivity contribution in [3.63, 3.8) is 0 Å². The Labute approximate surface area is 305 Å². The van der Waals surface area contributed by atoms with Crippen LogP contribution in [0.1, 0.15) is 5.56 Å². The summed E-state index contributed by atoms with van der Waals surface area (Å²) in [4.78, 5) is 0. The molecular weight excluding hydrogens is 781 g/mol. The van der Waals surface area contributed by atoms with Crippen LogP contribution in [0.3, 0.4) is 0 Å². The number of aliphatic hydroxyl groups is 1. The summed E-state index contributed by atoms with van der Waals surface area (Å²) in [6, 6.07) is 74.9. The van der Waals surface area contributed by atoms with Crippen LogP contribution in [-0.4, -0.2) is 5.11 Å². The van der Waals surface area contributed by atoms with E-state index >= 15 is 0 Å². The average molecular weight is 818 g/mol. The predicted octanol–water partition coefficient (Wildman–Crippen LogP) is 8.71. The van der Waals surface area contributed by atoms with Gasteiger partial charge in [0.2, 0.25) is 0 Å². The molecular formula is C43H37BrOP2Pd. The maximum absolute atomic E-state index is 8.51. The molecule has 0 spiro atoms. The summed E-state index contributed by atoms with van der Waals surface area (Å²) in [5.41, 5.74) is 0.840. The Balaban J connectivity index is 0.000000170. The fraction of sp³-hybridized carbons (Fsp3) is 0.0233. The molecule has 0 saturated carbocycles.